The zero-order chi connectivity index (χ0) is 20.3. The van der Waals surface area contributed by atoms with Crippen LogP contribution in [-0.4, -0.2) is 32.4 Å². The van der Waals surface area contributed by atoms with Crippen molar-refractivity contribution in [2.45, 2.75) is 13.8 Å². The second-order valence-corrected chi connectivity index (χ2v) is 6.20. The maximum absolute atomic E-state index is 11.5. The van der Waals surface area contributed by atoms with Crippen LogP contribution in [0.2, 0.25) is 0 Å². The van der Waals surface area contributed by atoms with E-state index < -0.39 is 0 Å². The quantitative estimate of drug-likeness (QED) is 0.684. The van der Waals surface area contributed by atoms with Gasteiger partial charge in [0.05, 0.1) is 27.0 Å². The second kappa shape index (κ2) is 8.04. The zero-order valence-corrected chi connectivity index (χ0v) is 16.5. The number of methoxy groups -OCH3 is 3. The molecule has 1 N–H and O–H groups in total. The van der Waals surface area contributed by atoms with Crippen LogP contribution >= 0.6 is 0 Å². The van der Waals surface area contributed by atoms with Crippen LogP contribution in [0.25, 0.3) is 22.4 Å². The highest BCUT2D eigenvalue weighted by Crippen LogP contribution is 2.40. The van der Waals surface area contributed by atoms with Gasteiger partial charge in [0.2, 0.25) is 5.91 Å². The van der Waals surface area contributed by atoms with Gasteiger partial charge in [-0.05, 0) is 42.3 Å². The first kappa shape index (κ1) is 19.3. The lowest BCUT2D eigenvalue weighted by molar-refractivity contribution is -0.114. The molecule has 0 radical (unpaired) electrons. The molecular weight excluding hydrogens is 360 g/mol. The minimum atomic E-state index is -0.184. The van der Waals surface area contributed by atoms with Crippen LogP contribution in [0.1, 0.15) is 12.5 Å². The predicted octanol–water partition coefficient (Wildman–Crippen LogP) is 4.30. The van der Waals surface area contributed by atoms with Crippen LogP contribution in [0, 0.1) is 6.92 Å². The van der Waals surface area contributed by atoms with Gasteiger partial charge < -0.3 is 24.1 Å². The Labute approximate surface area is 163 Å². The molecule has 0 unspecified atom stereocenters. The van der Waals surface area contributed by atoms with E-state index in [0.717, 1.165) is 22.3 Å². The van der Waals surface area contributed by atoms with Crippen molar-refractivity contribution >= 4 is 11.6 Å². The third-order valence-corrected chi connectivity index (χ3v) is 4.33. The Morgan fingerprint density at radius 3 is 2.39 bits per heavy atom. The Kier molecular flexibility index (Phi) is 5.54. The number of aromatic nitrogens is 1. The largest absolute Gasteiger partial charge is 0.495 e. The highest BCUT2D eigenvalue weighted by atomic mass is 16.5. The number of anilines is 1. The van der Waals surface area contributed by atoms with Gasteiger partial charge in [0.1, 0.15) is 17.7 Å². The van der Waals surface area contributed by atoms with Crippen molar-refractivity contribution < 1.29 is 23.5 Å². The summed E-state index contributed by atoms with van der Waals surface area (Å²) in [5.74, 6) is 1.67. The molecule has 0 bridgehead atoms. The van der Waals surface area contributed by atoms with Crippen molar-refractivity contribution in [3.8, 4) is 39.6 Å². The summed E-state index contributed by atoms with van der Waals surface area (Å²) in [6.45, 7) is 3.39. The molecule has 3 aromatic rings. The van der Waals surface area contributed by atoms with Gasteiger partial charge in [-0.15, -0.1) is 0 Å². The lowest BCUT2D eigenvalue weighted by atomic mass is 9.99. The fourth-order valence-corrected chi connectivity index (χ4v) is 3.10. The molecule has 7 nitrogen and oxygen atoms in total. The Bertz CT molecular complexity index is 1010. The number of benzene rings is 2. The summed E-state index contributed by atoms with van der Waals surface area (Å²) in [4.78, 5) is 11.5. The van der Waals surface area contributed by atoms with E-state index in [9.17, 15) is 4.79 Å². The molecule has 3 rings (SSSR count). The van der Waals surface area contributed by atoms with Gasteiger partial charge in [-0.1, -0.05) is 11.2 Å². The minimum Gasteiger partial charge on any atom is -0.495 e. The lowest BCUT2D eigenvalue weighted by Crippen LogP contribution is -2.07. The molecule has 2 aromatic carbocycles. The molecule has 0 atom stereocenters. The van der Waals surface area contributed by atoms with Crippen LogP contribution in [0.3, 0.4) is 0 Å². The van der Waals surface area contributed by atoms with Crippen LogP contribution in [0.4, 0.5) is 5.69 Å². The number of hydrogen-bond donors (Lipinski definition) is 1. The standard InChI is InChI=1S/C21H22N2O5/c1-12-8-15(10-19(26-4)21(12)27-5)20-16(11-28-23-20)14-6-7-18(25-3)17(9-14)22-13(2)24/h6-11H,1-5H3,(H,22,24). The van der Waals surface area contributed by atoms with Crippen molar-refractivity contribution in [1.29, 1.82) is 0 Å². The van der Waals surface area contributed by atoms with E-state index in [1.54, 1.807) is 33.7 Å². The normalized spacial score (nSPS) is 10.5. The summed E-state index contributed by atoms with van der Waals surface area (Å²) in [7, 11) is 4.75. The first-order chi connectivity index (χ1) is 13.5. The number of carbonyl (C=O) groups excluding carboxylic acids is 1. The van der Waals surface area contributed by atoms with Gasteiger partial charge in [0.15, 0.2) is 11.5 Å². The Balaban J connectivity index is 2.10. The van der Waals surface area contributed by atoms with Gasteiger partial charge in [0, 0.05) is 18.1 Å². The van der Waals surface area contributed by atoms with E-state index in [0.29, 0.717) is 28.6 Å². The Hall–Kier alpha value is -3.48. The van der Waals surface area contributed by atoms with Crippen LogP contribution in [0.15, 0.2) is 41.1 Å². The number of amides is 1. The first-order valence-corrected chi connectivity index (χ1v) is 8.61. The van der Waals surface area contributed by atoms with E-state index >= 15 is 0 Å². The Morgan fingerprint density at radius 2 is 1.75 bits per heavy atom. The lowest BCUT2D eigenvalue weighted by Gasteiger charge is -2.13. The molecule has 1 aromatic heterocycles. The molecular formula is C21H22N2O5. The van der Waals surface area contributed by atoms with Gasteiger partial charge >= 0.3 is 0 Å². The van der Waals surface area contributed by atoms with Gasteiger partial charge in [-0.2, -0.15) is 0 Å². The van der Waals surface area contributed by atoms with E-state index in [1.165, 1.54) is 6.92 Å². The molecule has 7 heteroatoms. The van der Waals surface area contributed by atoms with Crippen molar-refractivity contribution in [2.24, 2.45) is 0 Å². The van der Waals surface area contributed by atoms with Crippen LogP contribution in [-0.2, 0) is 4.79 Å². The van der Waals surface area contributed by atoms with Crippen molar-refractivity contribution in [2.75, 3.05) is 26.6 Å². The highest BCUT2D eigenvalue weighted by molar-refractivity contribution is 5.92. The van der Waals surface area contributed by atoms with Gasteiger partial charge in [0.25, 0.3) is 0 Å². The molecule has 0 aliphatic heterocycles. The molecule has 1 heterocycles. The maximum Gasteiger partial charge on any atom is 0.221 e. The smallest absolute Gasteiger partial charge is 0.221 e. The van der Waals surface area contributed by atoms with E-state index in [1.807, 2.05) is 31.2 Å². The summed E-state index contributed by atoms with van der Waals surface area (Å²) in [6.07, 6.45) is 1.57. The summed E-state index contributed by atoms with van der Waals surface area (Å²) >= 11 is 0. The number of rotatable bonds is 6. The van der Waals surface area contributed by atoms with Crippen molar-refractivity contribution in [3.05, 3.63) is 42.2 Å². The summed E-state index contributed by atoms with van der Waals surface area (Å²) in [6, 6.07) is 9.31. The number of carbonyl (C=O) groups is 1. The summed E-state index contributed by atoms with van der Waals surface area (Å²) in [5, 5.41) is 6.95. The molecule has 0 spiro atoms. The third kappa shape index (κ3) is 3.64. The minimum absolute atomic E-state index is 0.184. The molecule has 0 saturated heterocycles. The highest BCUT2D eigenvalue weighted by Gasteiger charge is 2.18. The number of hydrogen-bond acceptors (Lipinski definition) is 6. The topological polar surface area (TPSA) is 82.8 Å². The van der Waals surface area contributed by atoms with Crippen LogP contribution in [0.5, 0.6) is 17.2 Å². The molecule has 0 aliphatic rings. The monoisotopic (exact) mass is 382 g/mol. The maximum atomic E-state index is 11.5. The molecule has 0 fully saturated rings. The van der Waals surface area contributed by atoms with Crippen molar-refractivity contribution in [3.63, 3.8) is 0 Å². The van der Waals surface area contributed by atoms with Gasteiger partial charge in [-0.3, -0.25) is 4.79 Å². The summed E-state index contributed by atoms with van der Waals surface area (Å²) in [5.41, 5.74) is 4.58. The SMILES string of the molecule is COc1ccc(-c2conc2-c2cc(C)c(OC)c(OC)c2)cc1NC(C)=O. The number of nitrogens with zero attached hydrogens (tertiary/aromatic N) is 1. The molecule has 0 saturated carbocycles. The first-order valence-electron chi connectivity index (χ1n) is 8.61. The average Bonchev–Trinajstić information content (AvgIpc) is 3.16. The fraction of sp³-hybridized carbons (Fsp3) is 0.238. The van der Waals surface area contributed by atoms with Crippen LogP contribution < -0.4 is 19.5 Å². The molecule has 0 aliphatic carbocycles. The predicted molar refractivity (Wildman–Crippen MR) is 106 cm³/mol. The van der Waals surface area contributed by atoms with E-state index in [4.69, 9.17) is 18.7 Å². The van der Waals surface area contributed by atoms with E-state index in [2.05, 4.69) is 10.5 Å². The van der Waals surface area contributed by atoms with E-state index in [-0.39, 0.29) is 5.91 Å². The average molecular weight is 382 g/mol. The fourth-order valence-electron chi connectivity index (χ4n) is 3.10. The zero-order valence-electron chi connectivity index (χ0n) is 16.5. The molecule has 146 valence electrons. The summed E-state index contributed by atoms with van der Waals surface area (Å²) < 4.78 is 21.4. The number of aryl methyl sites for hydroxylation is 1. The molecule has 1 amide bonds. The number of nitrogens with one attached hydrogen (secondary N) is 1. The third-order valence-electron chi connectivity index (χ3n) is 4.33. The molecule has 28 heavy (non-hydrogen) atoms. The van der Waals surface area contributed by atoms with Gasteiger partial charge in [-0.25, -0.2) is 0 Å². The second-order valence-electron chi connectivity index (χ2n) is 6.20. The van der Waals surface area contributed by atoms with Crippen molar-refractivity contribution in [1.82, 2.24) is 5.16 Å². The Morgan fingerprint density at radius 1 is 1.00 bits per heavy atom. The number of ether oxygens (including phenoxy) is 3.